The molecule has 1 saturated heterocycles. The average molecular weight is 534 g/mol. The minimum absolute atomic E-state index is 0.0969. The van der Waals surface area contributed by atoms with Crippen molar-refractivity contribution in [3.8, 4) is 17.2 Å². The van der Waals surface area contributed by atoms with Gasteiger partial charge in [-0.25, -0.2) is 4.98 Å². The van der Waals surface area contributed by atoms with Gasteiger partial charge in [-0.3, -0.25) is 4.98 Å². The number of likely N-dealkylation sites (N-methyl/N-ethyl adjacent to an activating group) is 1. The van der Waals surface area contributed by atoms with Crippen molar-refractivity contribution in [3.05, 3.63) is 78.5 Å². The van der Waals surface area contributed by atoms with Crippen LogP contribution < -0.4 is 14.8 Å². The zero-order valence-corrected chi connectivity index (χ0v) is 21.1. The number of anilines is 2. The average Bonchev–Trinajstić information content (AvgIpc) is 3.51. The van der Waals surface area contributed by atoms with Crippen LogP contribution in [0.15, 0.2) is 72.9 Å². The molecule has 5 aromatic rings. The molecule has 3 aromatic carbocycles. The van der Waals surface area contributed by atoms with E-state index in [9.17, 15) is 13.2 Å². The number of ether oxygens (including phenoxy) is 2. The zero-order valence-electron chi connectivity index (χ0n) is 21.1. The number of nitrogens with one attached hydrogen (secondary N) is 2. The minimum atomic E-state index is -4.52. The third kappa shape index (κ3) is 5.33. The van der Waals surface area contributed by atoms with Crippen molar-refractivity contribution in [1.82, 2.24) is 19.9 Å². The molecule has 6 rings (SSSR count). The highest BCUT2D eigenvalue weighted by Gasteiger charge is 2.35. The lowest BCUT2D eigenvalue weighted by molar-refractivity contribution is -0.139. The van der Waals surface area contributed by atoms with Crippen LogP contribution in [-0.4, -0.2) is 46.1 Å². The Morgan fingerprint density at radius 3 is 2.72 bits per heavy atom. The summed E-state index contributed by atoms with van der Waals surface area (Å²) >= 11 is 0. The lowest BCUT2D eigenvalue weighted by Crippen LogP contribution is -2.31. The van der Waals surface area contributed by atoms with Gasteiger partial charge in [-0.2, -0.15) is 13.2 Å². The van der Waals surface area contributed by atoms with Gasteiger partial charge in [-0.1, -0.05) is 12.1 Å². The second kappa shape index (κ2) is 10.1. The number of benzene rings is 3. The van der Waals surface area contributed by atoms with Gasteiger partial charge in [0, 0.05) is 35.4 Å². The zero-order chi connectivity index (χ0) is 27.0. The number of fused-ring (bicyclic) bond motifs is 2. The number of imidazole rings is 1. The van der Waals surface area contributed by atoms with Crippen molar-refractivity contribution in [3.63, 3.8) is 0 Å². The molecule has 0 amide bonds. The first-order valence-electron chi connectivity index (χ1n) is 12.7. The van der Waals surface area contributed by atoms with E-state index in [-0.39, 0.29) is 18.4 Å². The highest BCUT2D eigenvalue weighted by Crippen LogP contribution is 2.39. The summed E-state index contributed by atoms with van der Waals surface area (Å²) in [5.41, 5.74) is 1.84. The number of H-pyrrole nitrogens is 1. The topological polar surface area (TPSA) is 75.3 Å². The Hall–Kier alpha value is -4.31. The number of alkyl halides is 3. The fourth-order valence-electron chi connectivity index (χ4n) is 4.86. The minimum Gasteiger partial charge on any atom is -0.491 e. The Bertz CT molecular complexity index is 1630. The molecule has 200 valence electrons. The molecule has 10 heteroatoms. The lowest BCUT2D eigenvalue weighted by atomic mass is 10.1. The van der Waals surface area contributed by atoms with Crippen molar-refractivity contribution in [2.75, 3.05) is 25.5 Å². The maximum absolute atomic E-state index is 13.7. The van der Waals surface area contributed by atoms with Crippen LogP contribution in [0.2, 0.25) is 0 Å². The number of hydrogen-bond acceptors (Lipinski definition) is 6. The van der Waals surface area contributed by atoms with Crippen molar-refractivity contribution in [2.45, 2.75) is 25.1 Å². The van der Waals surface area contributed by atoms with E-state index in [1.807, 2.05) is 43.4 Å². The van der Waals surface area contributed by atoms with Gasteiger partial charge in [0.25, 0.3) is 0 Å². The Labute approximate surface area is 222 Å². The second-order valence-electron chi connectivity index (χ2n) is 9.61. The third-order valence-electron chi connectivity index (χ3n) is 6.94. The molecule has 1 aliphatic rings. The van der Waals surface area contributed by atoms with E-state index in [1.165, 1.54) is 12.1 Å². The number of hydrogen-bond donors (Lipinski definition) is 2. The summed E-state index contributed by atoms with van der Waals surface area (Å²) in [6, 6.07) is 18.8. The summed E-state index contributed by atoms with van der Waals surface area (Å²) in [5.74, 6) is 1.45. The fraction of sp³-hybridized carbons (Fsp3) is 0.241. The van der Waals surface area contributed by atoms with Gasteiger partial charge >= 0.3 is 6.18 Å². The Balaban J connectivity index is 1.22. The van der Waals surface area contributed by atoms with Gasteiger partial charge in [-0.05, 0) is 68.9 Å². The maximum Gasteiger partial charge on any atom is 0.419 e. The molecule has 1 aliphatic heterocycles. The van der Waals surface area contributed by atoms with Crippen LogP contribution in [-0.2, 0) is 6.18 Å². The Morgan fingerprint density at radius 2 is 1.90 bits per heavy atom. The lowest BCUT2D eigenvalue weighted by Gasteiger charge is -2.21. The molecule has 0 bridgehead atoms. The molecular weight excluding hydrogens is 507 g/mol. The third-order valence-corrected chi connectivity index (χ3v) is 6.94. The van der Waals surface area contributed by atoms with Crippen LogP contribution in [0.1, 0.15) is 18.4 Å². The molecule has 1 atom stereocenters. The number of rotatable bonds is 7. The van der Waals surface area contributed by atoms with Gasteiger partial charge in [0.15, 0.2) is 0 Å². The first-order chi connectivity index (χ1) is 18.8. The van der Waals surface area contributed by atoms with E-state index < -0.39 is 11.7 Å². The first-order valence-corrected chi connectivity index (χ1v) is 12.7. The number of pyridine rings is 1. The first kappa shape index (κ1) is 25.0. The summed E-state index contributed by atoms with van der Waals surface area (Å²) in [7, 11) is 1.96. The van der Waals surface area contributed by atoms with E-state index in [2.05, 4.69) is 25.2 Å². The van der Waals surface area contributed by atoms with Crippen molar-refractivity contribution < 1.29 is 22.6 Å². The summed E-state index contributed by atoms with van der Waals surface area (Å²) < 4.78 is 52.8. The smallest absolute Gasteiger partial charge is 0.419 e. The predicted molar refractivity (Wildman–Crippen MR) is 144 cm³/mol. The summed E-state index contributed by atoms with van der Waals surface area (Å²) in [4.78, 5) is 14.2. The summed E-state index contributed by atoms with van der Waals surface area (Å²) in [6.45, 7) is 1.11. The molecule has 39 heavy (non-hydrogen) atoms. The standard InChI is InChI=1S/C29H26F3N5O2/c1-37-14-4-5-19(37)17-38-27-15-18(8-10-22(27)29(30,31)32)34-28-35-24-11-9-20(16-25(24)36-28)39-26-12-13-33-23-7-3-2-6-21(23)26/h2-3,6-13,15-16,19H,4-5,14,17H2,1H3,(H2,34,35,36). The Kier molecular flexibility index (Phi) is 6.48. The van der Waals surface area contributed by atoms with Gasteiger partial charge in [-0.15, -0.1) is 0 Å². The Morgan fingerprint density at radius 1 is 1.03 bits per heavy atom. The number of aromatic nitrogens is 3. The number of likely N-dealkylation sites (tertiary alicyclic amines) is 1. The normalized spacial score (nSPS) is 16.2. The second-order valence-corrected chi connectivity index (χ2v) is 9.61. The van der Waals surface area contributed by atoms with Crippen LogP contribution in [0.3, 0.4) is 0 Å². The van der Waals surface area contributed by atoms with Gasteiger partial charge < -0.3 is 24.7 Å². The van der Waals surface area contributed by atoms with Crippen molar-refractivity contribution in [1.29, 1.82) is 0 Å². The fourth-order valence-corrected chi connectivity index (χ4v) is 4.86. The molecule has 1 unspecified atom stereocenters. The van der Waals surface area contributed by atoms with E-state index in [0.717, 1.165) is 41.9 Å². The van der Waals surface area contributed by atoms with E-state index in [0.29, 0.717) is 28.7 Å². The summed E-state index contributed by atoms with van der Waals surface area (Å²) in [5, 5.41) is 3.96. The van der Waals surface area contributed by atoms with Gasteiger partial charge in [0.2, 0.25) is 5.95 Å². The van der Waals surface area contributed by atoms with Crippen LogP contribution in [0.25, 0.3) is 21.9 Å². The number of halogens is 3. The van der Waals surface area contributed by atoms with Crippen LogP contribution in [0.4, 0.5) is 24.8 Å². The highest BCUT2D eigenvalue weighted by atomic mass is 19.4. The monoisotopic (exact) mass is 533 g/mol. The molecule has 0 spiro atoms. The molecule has 0 aliphatic carbocycles. The van der Waals surface area contributed by atoms with E-state index in [1.54, 1.807) is 18.3 Å². The maximum atomic E-state index is 13.7. The predicted octanol–water partition coefficient (Wildman–Crippen LogP) is 7.14. The van der Waals surface area contributed by atoms with Gasteiger partial charge in [0.05, 0.1) is 22.1 Å². The number of aromatic amines is 1. The number of para-hydroxylation sites is 1. The molecule has 2 N–H and O–H groups in total. The SMILES string of the molecule is CN1CCCC1COc1cc(Nc2nc3cc(Oc4ccnc5ccccc45)ccc3[nH]2)ccc1C(F)(F)F. The van der Waals surface area contributed by atoms with Crippen molar-refractivity contribution >= 4 is 33.6 Å². The molecule has 7 nitrogen and oxygen atoms in total. The molecule has 3 heterocycles. The van der Waals surface area contributed by atoms with E-state index >= 15 is 0 Å². The van der Waals surface area contributed by atoms with E-state index in [4.69, 9.17) is 9.47 Å². The van der Waals surface area contributed by atoms with Crippen molar-refractivity contribution in [2.24, 2.45) is 0 Å². The molecule has 0 radical (unpaired) electrons. The summed E-state index contributed by atoms with van der Waals surface area (Å²) in [6.07, 6.45) is -0.916. The number of nitrogens with zero attached hydrogens (tertiary/aromatic N) is 3. The largest absolute Gasteiger partial charge is 0.491 e. The molecule has 2 aromatic heterocycles. The quantitative estimate of drug-likeness (QED) is 0.232. The molecular formula is C29H26F3N5O2. The molecule has 0 saturated carbocycles. The van der Waals surface area contributed by atoms with Crippen LogP contribution >= 0.6 is 0 Å². The van der Waals surface area contributed by atoms with Gasteiger partial charge in [0.1, 0.15) is 23.9 Å². The highest BCUT2D eigenvalue weighted by molar-refractivity contribution is 5.85. The van der Waals surface area contributed by atoms with Crippen LogP contribution in [0, 0.1) is 0 Å². The van der Waals surface area contributed by atoms with Crippen LogP contribution in [0.5, 0.6) is 17.2 Å². The molecule has 1 fully saturated rings.